The lowest BCUT2D eigenvalue weighted by Crippen LogP contribution is -2.35. The fraction of sp³-hybridized carbons (Fsp3) is 0.545. The van der Waals surface area contributed by atoms with Gasteiger partial charge in [0.2, 0.25) is 12.3 Å². The molecule has 0 radical (unpaired) electrons. The van der Waals surface area contributed by atoms with Crippen LogP contribution in [-0.4, -0.2) is 68.2 Å². The second kappa shape index (κ2) is 17.2. The first-order valence-electron chi connectivity index (χ1n) is 14.3. The second-order valence-corrected chi connectivity index (χ2v) is 12.8. The van der Waals surface area contributed by atoms with Crippen LogP contribution in [0.5, 0.6) is 0 Å². The van der Waals surface area contributed by atoms with Crippen molar-refractivity contribution in [2.24, 2.45) is 11.3 Å². The molecule has 0 saturated carbocycles. The van der Waals surface area contributed by atoms with Crippen LogP contribution < -0.4 is 4.90 Å². The summed E-state index contributed by atoms with van der Waals surface area (Å²) < 4.78 is 14.2. The van der Waals surface area contributed by atoms with Crippen molar-refractivity contribution in [3.8, 4) is 11.1 Å². The number of carbonyl (C=O) groups is 3. The van der Waals surface area contributed by atoms with Crippen LogP contribution in [0.4, 0.5) is 10.1 Å². The Morgan fingerprint density at radius 2 is 1.66 bits per heavy atom. The van der Waals surface area contributed by atoms with E-state index in [-0.39, 0.29) is 11.2 Å². The molecule has 0 unspecified atom stereocenters. The van der Waals surface area contributed by atoms with E-state index in [1.54, 1.807) is 30.3 Å². The van der Waals surface area contributed by atoms with Gasteiger partial charge in [-0.05, 0) is 81.1 Å². The molecule has 2 rings (SSSR count). The van der Waals surface area contributed by atoms with Crippen LogP contribution in [0.15, 0.2) is 36.4 Å². The zero-order valence-corrected chi connectivity index (χ0v) is 27.1. The van der Waals surface area contributed by atoms with Crippen molar-refractivity contribution in [1.82, 2.24) is 9.80 Å². The molecule has 0 atom stereocenters. The average molecular weight is 590 g/mol. The molecule has 0 saturated heterocycles. The Labute approximate surface area is 251 Å². The van der Waals surface area contributed by atoms with Gasteiger partial charge in [-0.2, -0.15) is 0 Å². The number of benzene rings is 2. The lowest BCUT2D eigenvalue weighted by atomic mass is 9.91. The number of Topliss-reactive ketones (excluding diaryl/α,β-unsaturated/α-hetero) is 1. The maximum Gasteiger partial charge on any atom is 0.223 e. The number of anilines is 1. The molecular formula is C33H49ClFN3O3. The van der Waals surface area contributed by atoms with Crippen molar-refractivity contribution in [2.75, 3.05) is 45.2 Å². The van der Waals surface area contributed by atoms with Crippen molar-refractivity contribution in [1.29, 1.82) is 0 Å². The number of carbonyl (C=O) groups excluding carboxylic acids is 3. The number of halogens is 2. The van der Waals surface area contributed by atoms with Crippen LogP contribution in [-0.2, 0) is 9.59 Å². The summed E-state index contributed by atoms with van der Waals surface area (Å²) in [5.74, 6) is 0.328. The van der Waals surface area contributed by atoms with Crippen LogP contribution in [0.1, 0.15) is 78.1 Å². The van der Waals surface area contributed by atoms with E-state index in [2.05, 4.69) is 41.5 Å². The molecule has 0 aliphatic heterocycles. The molecule has 0 N–H and O–H groups in total. The van der Waals surface area contributed by atoms with Gasteiger partial charge < -0.3 is 14.7 Å². The summed E-state index contributed by atoms with van der Waals surface area (Å²) in [6.07, 6.45) is 3.52. The Bertz CT molecular complexity index is 1150. The van der Waals surface area contributed by atoms with Gasteiger partial charge in [-0.15, -0.1) is 0 Å². The summed E-state index contributed by atoms with van der Waals surface area (Å²) in [5.41, 5.74) is 1.90. The van der Waals surface area contributed by atoms with Gasteiger partial charge in [-0.3, -0.25) is 14.4 Å². The van der Waals surface area contributed by atoms with E-state index < -0.39 is 5.82 Å². The zero-order chi connectivity index (χ0) is 31.3. The first-order chi connectivity index (χ1) is 19.1. The molecule has 0 heterocycles. The highest BCUT2D eigenvalue weighted by Gasteiger charge is 2.21. The highest BCUT2D eigenvalue weighted by molar-refractivity contribution is 6.30. The zero-order valence-electron chi connectivity index (χ0n) is 26.4. The van der Waals surface area contributed by atoms with Gasteiger partial charge in [0.1, 0.15) is 5.82 Å². The molecule has 41 heavy (non-hydrogen) atoms. The van der Waals surface area contributed by atoms with Gasteiger partial charge in [0.15, 0.2) is 5.78 Å². The number of hydrogen-bond acceptors (Lipinski definition) is 4. The van der Waals surface area contributed by atoms with E-state index in [1.165, 1.54) is 17.9 Å². The molecule has 6 nitrogen and oxygen atoms in total. The number of hydrogen-bond donors (Lipinski definition) is 0. The van der Waals surface area contributed by atoms with Gasteiger partial charge in [-0.25, -0.2) is 4.39 Å². The largest absolute Gasteiger partial charge is 0.343 e. The second-order valence-electron chi connectivity index (χ2n) is 12.3. The molecule has 0 fully saturated rings. The first kappa shape index (κ1) is 36.3. The van der Waals surface area contributed by atoms with Crippen LogP contribution in [0.25, 0.3) is 11.1 Å². The standard InChI is InChI=1S/C19H20ClFN2O2.C14H29NO/c1-13(25)17-10-14(16-6-5-15(20)11-18(16)21)4-7-19(17)23(12-24)9-8-22(2)3;1-7-9-15(10-8-12(2)3)13(16)11-14(4,5)6/h4-7,10-12H,8-9H2,1-3H3;12H,7-11H2,1-6H3. The smallest absolute Gasteiger partial charge is 0.223 e. The number of likely N-dealkylation sites (N-methyl/N-ethyl adjacent to an activating group) is 1. The van der Waals surface area contributed by atoms with Gasteiger partial charge in [-0.1, -0.05) is 59.2 Å². The molecule has 0 aliphatic carbocycles. The summed E-state index contributed by atoms with van der Waals surface area (Å²) in [4.78, 5) is 41.1. The van der Waals surface area contributed by atoms with E-state index >= 15 is 0 Å². The minimum Gasteiger partial charge on any atom is -0.343 e. The minimum atomic E-state index is -0.463. The lowest BCUT2D eigenvalue weighted by molar-refractivity contribution is -0.133. The van der Waals surface area contributed by atoms with Crippen molar-refractivity contribution >= 4 is 35.4 Å². The van der Waals surface area contributed by atoms with Crippen LogP contribution in [0, 0.1) is 17.2 Å². The SMILES string of the molecule is CC(=O)c1cc(-c2ccc(Cl)cc2F)ccc1N(C=O)CCN(C)C.CCCN(CCC(C)C)C(=O)CC(C)(C)C. The van der Waals surface area contributed by atoms with E-state index in [0.29, 0.717) is 65.1 Å². The molecule has 0 aliphatic rings. The summed E-state index contributed by atoms with van der Waals surface area (Å²) in [6.45, 7) is 17.3. The summed E-state index contributed by atoms with van der Waals surface area (Å²) >= 11 is 5.79. The Balaban J connectivity index is 0.000000456. The number of nitrogens with zero attached hydrogens (tertiary/aromatic N) is 3. The Morgan fingerprint density at radius 1 is 1.00 bits per heavy atom. The van der Waals surface area contributed by atoms with E-state index in [4.69, 9.17) is 11.6 Å². The fourth-order valence-corrected chi connectivity index (χ4v) is 4.27. The highest BCUT2D eigenvalue weighted by Crippen LogP contribution is 2.30. The van der Waals surface area contributed by atoms with E-state index in [0.717, 1.165) is 25.9 Å². The van der Waals surface area contributed by atoms with Gasteiger partial charge in [0, 0.05) is 48.7 Å². The van der Waals surface area contributed by atoms with E-state index in [1.807, 2.05) is 23.9 Å². The topological polar surface area (TPSA) is 60.9 Å². The van der Waals surface area contributed by atoms with Crippen molar-refractivity contribution in [3.63, 3.8) is 0 Å². The first-order valence-corrected chi connectivity index (χ1v) is 14.7. The maximum absolute atomic E-state index is 14.2. The summed E-state index contributed by atoms with van der Waals surface area (Å²) in [7, 11) is 3.81. The van der Waals surface area contributed by atoms with Crippen molar-refractivity contribution in [2.45, 2.75) is 67.7 Å². The maximum atomic E-state index is 14.2. The molecule has 228 valence electrons. The third-order valence-electron chi connectivity index (χ3n) is 6.35. The Kier molecular flexibility index (Phi) is 15.3. The summed E-state index contributed by atoms with van der Waals surface area (Å²) in [5, 5.41) is 0.306. The summed E-state index contributed by atoms with van der Waals surface area (Å²) in [6, 6.07) is 9.36. The Hall–Kier alpha value is -2.77. The molecule has 0 aromatic heterocycles. The molecule has 2 aromatic carbocycles. The molecule has 0 bridgehead atoms. The quantitative estimate of drug-likeness (QED) is 0.178. The lowest BCUT2D eigenvalue weighted by Gasteiger charge is -2.27. The van der Waals surface area contributed by atoms with Gasteiger partial charge in [0.05, 0.1) is 5.69 Å². The molecule has 2 aromatic rings. The fourth-order valence-electron chi connectivity index (χ4n) is 4.11. The predicted molar refractivity (Wildman–Crippen MR) is 169 cm³/mol. The third kappa shape index (κ3) is 13.2. The highest BCUT2D eigenvalue weighted by atomic mass is 35.5. The molecule has 2 amide bonds. The van der Waals surface area contributed by atoms with Crippen LogP contribution in [0.3, 0.4) is 0 Å². The van der Waals surface area contributed by atoms with Crippen molar-refractivity contribution in [3.05, 3.63) is 52.8 Å². The third-order valence-corrected chi connectivity index (χ3v) is 6.58. The molecule has 8 heteroatoms. The van der Waals surface area contributed by atoms with Gasteiger partial charge in [0.25, 0.3) is 0 Å². The van der Waals surface area contributed by atoms with Crippen LogP contribution >= 0.6 is 11.6 Å². The average Bonchev–Trinajstić information content (AvgIpc) is 2.86. The molecular weight excluding hydrogens is 541 g/mol. The van der Waals surface area contributed by atoms with Gasteiger partial charge >= 0.3 is 0 Å². The predicted octanol–water partition coefficient (Wildman–Crippen LogP) is 7.58. The monoisotopic (exact) mass is 589 g/mol. The van der Waals surface area contributed by atoms with Crippen LogP contribution in [0.2, 0.25) is 5.02 Å². The normalized spacial score (nSPS) is 11.2. The van der Waals surface area contributed by atoms with E-state index in [9.17, 15) is 18.8 Å². The minimum absolute atomic E-state index is 0.0981. The Morgan fingerprint density at radius 3 is 2.15 bits per heavy atom. The number of ketones is 1. The van der Waals surface area contributed by atoms with Crippen molar-refractivity contribution < 1.29 is 18.8 Å². The number of amides is 2. The number of rotatable bonds is 13. The molecule has 0 spiro atoms.